The molecule has 0 saturated carbocycles. The zero-order valence-corrected chi connectivity index (χ0v) is 14.7. The molecule has 1 amide bonds. The van der Waals surface area contributed by atoms with Gasteiger partial charge in [-0.3, -0.25) is 14.7 Å². The van der Waals surface area contributed by atoms with Gasteiger partial charge >= 0.3 is 0 Å². The summed E-state index contributed by atoms with van der Waals surface area (Å²) in [6.07, 6.45) is 1.14. The molecule has 1 atom stereocenters. The first-order valence-electron chi connectivity index (χ1n) is 8.03. The molecule has 0 spiro atoms. The van der Waals surface area contributed by atoms with Crippen molar-refractivity contribution < 1.29 is 9.53 Å². The number of ether oxygens (including phenoxy) is 1. The van der Waals surface area contributed by atoms with Crippen molar-refractivity contribution in [1.29, 1.82) is 5.26 Å². The Balaban J connectivity index is 1.73. The first-order chi connectivity index (χ1) is 12.7. The number of benzene rings is 1. The highest BCUT2D eigenvalue weighted by molar-refractivity contribution is 7.13. The fourth-order valence-corrected chi connectivity index (χ4v) is 3.62. The molecule has 6 nitrogen and oxygen atoms in total. The van der Waals surface area contributed by atoms with Gasteiger partial charge in [-0.25, -0.2) is 4.98 Å². The minimum absolute atomic E-state index is 0.0146. The third-order valence-corrected chi connectivity index (χ3v) is 4.94. The van der Waals surface area contributed by atoms with Gasteiger partial charge < -0.3 is 4.74 Å². The van der Waals surface area contributed by atoms with Crippen LogP contribution in [0.25, 0.3) is 22.0 Å². The molecule has 0 aliphatic carbocycles. The SMILES string of the molecule is CC1Oc2ccc(-c3csc(-c4ccccn4)n3)cc2N(CC#N)C1=O. The van der Waals surface area contributed by atoms with Crippen LogP contribution in [0.3, 0.4) is 0 Å². The second kappa shape index (κ2) is 6.58. The zero-order valence-electron chi connectivity index (χ0n) is 13.9. The summed E-state index contributed by atoms with van der Waals surface area (Å²) >= 11 is 1.51. The number of carbonyl (C=O) groups is 1. The van der Waals surface area contributed by atoms with Crippen LogP contribution in [0, 0.1) is 11.3 Å². The summed E-state index contributed by atoms with van der Waals surface area (Å²) in [7, 11) is 0. The van der Waals surface area contributed by atoms with Gasteiger partial charge in [0.25, 0.3) is 5.91 Å². The van der Waals surface area contributed by atoms with Crippen molar-refractivity contribution in [3.63, 3.8) is 0 Å². The summed E-state index contributed by atoms with van der Waals surface area (Å²) in [5, 5.41) is 11.8. The number of amides is 1. The maximum Gasteiger partial charge on any atom is 0.268 e. The number of thiazole rings is 1. The Morgan fingerprint density at radius 1 is 1.31 bits per heavy atom. The molecule has 0 bridgehead atoms. The summed E-state index contributed by atoms with van der Waals surface area (Å²) in [5.41, 5.74) is 3.07. The number of aromatic nitrogens is 2. The van der Waals surface area contributed by atoms with Crippen LogP contribution < -0.4 is 9.64 Å². The van der Waals surface area contributed by atoms with Gasteiger partial charge in [0, 0.05) is 17.1 Å². The van der Waals surface area contributed by atoms with E-state index in [1.807, 2.05) is 47.8 Å². The second-order valence-corrected chi connectivity index (χ2v) is 6.64. The van der Waals surface area contributed by atoms with E-state index < -0.39 is 6.10 Å². The first-order valence-corrected chi connectivity index (χ1v) is 8.91. The Kier molecular flexibility index (Phi) is 4.11. The molecule has 3 aromatic rings. The maximum absolute atomic E-state index is 12.3. The lowest BCUT2D eigenvalue weighted by Crippen LogP contribution is -2.44. The van der Waals surface area contributed by atoms with Gasteiger partial charge in [-0.15, -0.1) is 11.3 Å². The number of nitriles is 1. The van der Waals surface area contributed by atoms with Crippen LogP contribution >= 0.6 is 11.3 Å². The quantitative estimate of drug-likeness (QED) is 0.666. The summed E-state index contributed by atoms with van der Waals surface area (Å²) in [5.74, 6) is 0.375. The van der Waals surface area contributed by atoms with Crippen LogP contribution in [-0.4, -0.2) is 28.5 Å². The van der Waals surface area contributed by atoms with Gasteiger partial charge in [-0.1, -0.05) is 6.07 Å². The Morgan fingerprint density at radius 2 is 2.19 bits per heavy atom. The zero-order chi connectivity index (χ0) is 18.1. The molecule has 3 heterocycles. The minimum Gasteiger partial charge on any atom is -0.479 e. The molecular formula is C19H14N4O2S. The van der Waals surface area contributed by atoms with E-state index in [0.717, 1.165) is 22.0 Å². The lowest BCUT2D eigenvalue weighted by atomic mass is 10.1. The molecule has 1 unspecified atom stereocenters. The van der Waals surface area contributed by atoms with Crippen molar-refractivity contribution >= 4 is 22.9 Å². The van der Waals surface area contributed by atoms with Gasteiger partial charge in [0.2, 0.25) is 0 Å². The number of fused-ring (bicyclic) bond motifs is 1. The summed E-state index contributed by atoms with van der Waals surface area (Å²) < 4.78 is 5.66. The minimum atomic E-state index is -0.600. The van der Waals surface area contributed by atoms with E-state index in [0.29, 0.717) is 11.4 Å². The van der Waals surface area contributed by atoms with Gasteiger partial charge in [0.15, 0.2) is 6.10 Å². The topological polar surface area (TPSA) is 79.1 Å². The third-order valence-electron chi connectivity index (χ3n) is 4.08. The first kappa shape index (κ1) is 16.2. The van der Waals surface area contributed by atoms with E-state index in [2.05, 4.69) is 9.97 Å². The summed E-state index contributed by atoms with van der Waals surface area (Å²) in [6, 6.07) is 13.3. The molecule has 0 fully saturated rings. The number of carbonyl (C=O) groups excluding carboxylic acids is 1. The molecule has 7 heteroatoms. The number of hydrogen-bond donors (Lipinski definition) is 0. The average molecular weight is 362 g/mol. The predicted octanol–water partition coefficient (Wildman–Crippen LogP) is 3.51. The maximum atomic E-state index is 12.3. The third kappa shape index (κ3) is 2.80. The molecule has 128 valence electrons. The molecule has 4 rings (SSSR count). The van der Waals surface area contributed by atoms with Crippen LogP contribution in [-0.2, 0) is 4.79 Å². The number of hydrogen-bond acceptors (Lipinski definition) is 6. The van der Waals surface area contributed by atoms with Crippen LogP contribution in [0.2, 0.25) is 0 Å². The van der Waals surface area contributed by atoms with E-state index in [4.69, 9.17) is 10.00 Å². The molecule has 26 heavy (non-hydrogen) atoms. The summed E-state index contributed by atoms with van der Waals surface area (Å²) in [6.45, 7) is 1.67. The normalized spacial score (nSPS) is 15.9. The van der Waals surface area contributed by atoms with Crippen molar-refractivity contribution in [2.75, 3.05) is 11.4 Å². The molecule has 0 radical (unpaired) electrons. The van der Waals surface area contributed by atoms with Gasteiger partial charge in [0.05, 0.1) is 23.1 Å². The lowest BCUT2D eigenvalue weighted by molar-refractivity contribution is -0.125. The average Bonchev–Trinajstić information content (AvgIpc) is 3.16. The fraction of sp³-hybridized carbons (Fsp3) is 0.158. The molecule has 1 aromatic carbocycles. The monoisotopic (exact) mass is 362 g/mol. The van der Waals surface area contributed by atoms with Crippen molar-refractivity contribution in [3.8, 4) is 33.8 Å². The Hall–Kier alpha value is -3.24. The number of anilines is 1. The number of rotatable bonds is 3. The van der Waals surface area contributed by atoms with Crippen molar-refractivity contribution in [1.82, 2.24) is 9.97 Å². The van der Waals surface area contributed by atoms with Crippen molar-refractivity contribution in [2.45, 2.75) is 13.0 Å². The Bertz CT molecular complexity index is 1010. The Labute approximate surface area is 154 Å². The molecule has 0 N–H and O–H groups in total. The van der Waals surface area contributed by atoms with Crippen LogP contribution in [0.4, 0.5) is 5.69 Å². The largest absolute Gasteiger partial charge is 0.479 e. The highest BCUT2D eigenvalue weighted by Crippen LogP contribution is 2.38. The van der Waals surface area contributed by atoms with E-state index in [9.17, 15) is 4.79 Å². The van der Waals surface area contributed by atoms with Crippen molar-refractivity contribution in [3.05, 3.63) is 48.0 Å². The molecule has 1 aliphatic heterocycles. The standard InChI is InChI=1S/C19H14N4O2S/c1-12-19(24)23(9-7-20)16-10-13(5-6-17(16)25-12)15-11-26-18(22-15)14-4-2-3-8-21-14/h2-6,8,10-12H,9H2,1H3. The van der Waals surface area contributed by atoms with E-state index in [1.54, 1.807) is 13.1 Å². The Morgan fingerprint density at radius 3 is 2.96 bits per heavy atom. The number of nitrogens with zero attached hydrogens (tertiary/aromatic N) is 4. The van der Waals surface area contributed by atoms with E-state index >= 15 is 0 Å². The van der Waals surface area contributed by atoms with E-state index in [-0.39, 0.29) is 12.5 Å². The molecule has 0 saturated heterocycles. The highest BCUT2D eigenvalue weighted by atomic mass is 32.1. The molecule has 1 aliphatic rings. The smallest absolute Gasteiger partial charge is 0.268 e. The summed E-state index contributed by atoms with van der Waals surface area (Å²) in [4.78, 5) is 22.8. The lowest BCUT2D eigenvalue weighted by Gasteiger charge is -2.31. The molecule has 2 aromatic heterocycles. The fourth-order valence-electron chi connectivity index (χ4n) is 2.81. The van der Waals surface area contributed by atoms with Crippen molar-refractivity contribution in [2.24, 2.45) is 0 Å². The number of pyridine rings is 1. The molecular weight excluding hydrogens is 348 g/mol. The van der Waals surface area contributed by atoms with Crippen LogP contribution in [0.1, 0.15) is 6.92 Å². The van der Waals surface area contributed by atoms with Gasteiger partial charge in [-0.2, -0.15) is 5.26 Å². The highest BCUT2D eigenvalue weighted by Gasteiger charge is 2.31. The van der Waals surface area contributed by atoms with E-state index in [1.165, 1.54) is 16.2 Å². The van der Waals surface area contributed by atoms with Gasteiger partial charge in [0.1, 0.15) is 17.3 Å². The van der Waals surface area contributed by atoms with Gasteiger partial charge in [-0.05, 0) is 37.3 Å². The second-order valence-electron chi connectivity index (χ2n) is 5.78. The predicted molar refractivity (Wildman–Crippen MR) is 98.8 cm³/mol. The van der Waals surface area contributed by atoms with Crippen LogP contribution in [0.5, 0.6) is 5.75 Å². The van der Waals surface area contributed by atoms with Crippen LogP contribution in [0.15, 0.2) is 48.0 Å².